The van der Waals surface area contributed by atoms with Gasteiger partial charge in [0, 0.05) is 0 Å². The molecule has 1 amide bonds. The van der Waals surface area contributed by atoms with E-state index in [-0.39, 0.29) is 6.61 Å². The number of rotatable bonds is 8. The van der Waals surface area contributed by atoms with Crippen LogP contribution in [0.2, 0.25) is 0 Å². The van der Waals surface area contributed by atoms with Crippen molar-refractivity contribution >= 4 is 23.6 Å². The molecule has 0 heterocycles. The van der Waals surface area contributed by atoms with Crippen molar-refractivity contribution in [1.29, 1.82) is 5.26 Å². The highest BCUT2D eigenvalue weighted by Gasteiger charge is 2.23. The van der Waals surface area contributed by atoms with Gasteiger partial charge in [-0.2, -0.15) is 17.0 Å². The van der Waals surface area contributed by atoms with Gasteiger partial charge in [0.1, 0.15) is 17.9 Å². The fourth-order valence-electron chi connectivity index (χ4n) is 1.76. The first-order chi connectivity index (χ1) is 10.6. The zero-order chi connectivity index (χ0) is 16.4. The van der Waals surface area contributed by atoms with Gasteiger partial charge >= 0.3 is 5.97 Å². The molecule has 0 radical (unpaired) electrons. The molecule has 1 rings (SSSR count). The minimum absolute atomic E-state index is 0.334. The smallest absolute Gasteiger partial charge is 0.329 e. The summed E-state index contributed by atoms with van der Waals surface area (Å²) in [6.45, 7) is -0.334. The number of nitrogens with one attached hydrogen (secondary N) is 1. The Hall–Kier alpha value is -2.20. The van der Waals surface area contributed by atoms with Gasteiger partial charge in [0.05, 0.1) is 12.7 Å². The Labute approximate surface area is 133 Å². The first-order valence-electron chi connectivity index (χ1n) is 6.60. The summed E-state index contributed by atoms with van der Waals surface area (Å²) in [6, 6.07) is 7.68. The third-order valence-corrected chi connectivity index (χ3v) is 3.48. The number of hydrogen-bond donors (Lipinski definition) is 1. The van der Waals surface area contributed by atoms with Crippen molar-refractivity contribution < 1.29 is 19.1 Å². The minimum atomic E-state index is -0.793. The molecule has 1 aromatic carbocycles. The normalized spacial score (nSPS) is 11.1. The van der Waals surface area contributed by atoms with Gasteiger partial charge in [-0.3, -0.25) is 4.79 Å². The van der Waals surface area contributed by atoms with Crippen LogP contribution in [0, 0.1) is 11.3 Å². The number of nitrogens with zero attached hydrogens (tertiary/aromatic N) is 1. The van der Waals surface area contributed by atoms with Crippen LogP contribution in [0.3, 0.4) is 0 Å². The number of carbonyl (C=O) groups is 2. The summed E-state index contributed by atoms with van der Waals surface area (Å²) >= 11 is 1.55. The fraction of sp³-hybridized carbons (Fsp3) is 0.400. The summed E-state index contributed by atoms with van der Waals surface area (Å²) < 4.78 is 9.92. The van der Waals surface area contributed by atoms with Crippen molar-refractivity contribution in [1.82, 2.24) is 5.32 Å². The second-order valence-corrected chi connectivity index (χ2v) is 5.26. The lowest BCUT2D eigenvalue weighted by molar-refractivity contribution is -0.144. The van der Waals surface area contributed by atoms with Gasteiger partial charge in [-0.25, -0.2) is 4.79 Å². The molecule has 0 aromatic heterocycles. The van der Waals surface area contributed by atoms with E-state index in [9.17, 15) is 9.59 Å². The number of amides is 1. The number of hydrogen-bond acceptors (Lipinski definition) is 6. The average Bonchev–Trinajstić information content (AvgIpc) is 2.55. The minimum Gasteiger partial charge on any atom is -0.496 e. The lowest BCUT2D eigenvalue weighted by Gasteiger charge is -2.17. The predicted octanol–water partition coefficient (Wildman–Crippen LogP) is 1.61. The van der Waals surface area contributed by atoms with E-state index in [1.807, 2.05) is 6.26 Å². The van der Waals surface area contributed by atoms with Gasteiger partial charge in [0.15, 0.2) is 6.61 Å². The van der Waals surface area contributed by atoms with Gasteiger partial charge in [-0.1, -0.05) is 12.1 Å². The van der Waals surface area contributed by atoms with Gasteiger partial charge in [-0.15, -0.1) is 0 Å². The Morgan fingerprint density at radius 3 is 2.77 bits per heavy atom. The topological polar surface area (TPSA) is 88.4 Å². The van der Waals surface area contributed by atoms with E-state index in [0.717, 1.165) is 0 Å². The molecule has 1 aromatic rings. The number of para-hydroxylation sites is 1. The first kappa shape index (κ1) is 17.9. The lowest BCUT2D eigenvalue weighted by Crippen LogP contribution is -2.42. The summed E-state index contributed by atoms with van der Waals surface area (Å²) in [6.07, 6.45) is 2.33. The summed E-state index contributed by atoms with van der Waals surface area (Å²) in [4.78, 5) is 24.2. The Morgan fingerprint density at radius 2 is 2.14 bits per heavy atom. The van der Waals surface area contributed by atoms with Crippen LogP contribution in [-0.2, 0) is 9.53 Å². The molecule has 1 N–H and O–H groups in total. The molecular weight excluding hydrogens is 304 g/mol. The number of benzene rings is 1. The number of esters is 1. The van der Waals surface area contributed by atoms with E-state index in [1.54, 1.807) is 42.1 Å². The summed E-state index contributed by atoms with van der Waals surface area (Å²) in [5, 5.41) is 11.1. The largest absolute Gasteiger partial charge is 0.496 e. The second-order valence-electron chi connectivity index (χ2n) is 4.27. The number of methoxy groups -OCH3 is 1. The van der Waals surface area contributed by atoms with Crippen LogP contribution in [0.1, 0.15) is 16.8 Å². The molecule has 0 aliphatic heterocycles. The van der Waals surface area contributed by atoms with Crippen molar-refractivity contribution in [3.05, 3.63) is 29.8 Å². The Bertz CT molecular complexity index is 557. The Morgan fingerprint density at radius 1 is 1.41 bits per heavy atom. The first-order valence-corrected chi connectivity index (χ1v) is 7.99. The summed E-state index contributed by atoms with van der Waals surface area (Å²) in [7, 11) is 1.47. The monoisotopic (exact) mass is 322 g/mol. The van der Waals surface area contributed by atoms with Crippen LogP contribution in [0.5, 0.6) is 5.75 Å². The highest BCUT2D eigenvalue weighted by atomic mass is 32.2. The quantitative estimate of drug-likeness (QED) is 0.732. The van der Waals surface area contributed by atoms with Crippen molar-refractivity contribution in [2.75, 3.05) is 25.7 Å². The second kappa shape index (κ2) is 9.68. The van der Waals surface area contributed by atoms with Gasteiger partial charge in [0.2, 0.25) is 0 Å². The lowest BCUT2D eigenvalue weighted by atomic mass is 10.1. The summed E-state index contributed by atoms with van der Waals surface area (Å²) in [5.74, 6) is 0.0729. The number of thioether (sulfide) groups is 1. The molecule has 0 spiro atoms. The maximum Gasteiger partial charge on any atom is 0.329 e. The standard InChI is InChI=1S/C15H18N2O4S/c1-20-13-6-4-3-5-11(13)14(18)17-12(7-10-22-2)15(19)21-9-8-16/h3-6,12H,7,9-10H2,1-2H3,(H,17,18)/t12-/m0/s1. The fourth-order valence-corrected chi connectivity index (χ4v) is 2.23. The molecule has 6 nitrogen and oxygen atoms in total. The van der Waals surface area contributed by atoms with Crippen LogP contribution < -0.4 is 10.1 Å². The molecule has 0 bridgehead atoms. The summed E-state index contributed by atoms with van der Waals surface area (Å²) in [5.41, 5.74) is 0.340. The Kier molecular flexibility index (Phi) is 7.86. The van der Waals surface area contributed by atoms with Crippen molar-refractivity contribution in [2.45, 2.75) is 12.5 Å². The molecule has 1 atom stereocenters. The third kappa shape index (κ3) is 5.30. The van der Waals surface area contributed by atoms with Crippen LogP contribution in [-0.4, -0.2) is 43.6 Å². The van der Waals surface area contributed by atoms with E-state index in [4.69, 9.17) is 14.7 Å². The van der Waals surface area contributed by atoms with Gasteiger partial charge < -0.3 is 14.8 Å². The van der Waals surface area contributed by atoms with E-state index >= 15 is 0 Å². The molecule has 22 heavy (non-hydrogen) atoms. The Balaban J connectivity index is 2.81. The molecule has 0 unspecified atom stereocenters. The molecule has 7 heteroatoms. The number of ether oxygens (including phenoxy) is 2. The number of nitriles is 1. The maximum absolute atomic E-state index is 12.3. The highest BCUT2D eigenvalue weighted by Crippen LogP contribution is 2.17. The van der Waals surface area contributed by atoms with Crippen LogP contribution in [0.4, 0.5) is 0 Å². The van der Waals surface area contributed by atoms with Gasteiger partial charge in [-0.05, 0) is 30.6 Å². The third-order valence-electron chi connectivity index (χ3n) is 2.83. The number of carbonyl (C=O) groups excluding carboxylic acids is 2. The molecule has 0 saturated carbocycles. The maximum atomic E-state index is 12.3. The van der Waals surface area contributed by atoms with E-state index in [2.05, 4.69) is 5.32 Å². The van der Waals surface area contributed by atoms with Gasteiger partial charge in [0.25, 0.3) is 5.91 Å². The molecular formula is C15H18N2O4S. The molecule has 0 aliphatic rings. The average molecular weight is 322 g/mol. The van der Waals surface area contributed by atoms with Crippen molar-refractivity contribution in [3.8, 4) is 11.8 Å². The van der Waals surface area contributed by atoms with Crippen LogP contribution >= 0.6 is 11.8 Å². The van der Waals surface area contributed by atoms with Crippen molar-refractivity contribution in [2.24, 2.45) is 0 Å². The van der Waals surface area contributed by atoms with E-state index < -0.39 is 17.9 Å². The van der Waals surface area contributed by atoms with Crippen LogP contribution in [0.25, 0.3) is 0 Å². The highest BCUT2D eigenvalue weighted by molar-refractivity contribution is 7.98. The van der Waals surface area contributed by atoms with E-state index in [0.29, 0.717) is 23.5 Å². The molecule has 0 saturated heterocycles. The zero-order valence-corrected chi connectivity index (χ0v) is 13.3. The van der Waals surface area contributed by atoms with Crippen molar-refractivity contribution in [3.63, 3.8) is 0 Å². The predicted molar refractivity (Wildman–Crippen MR) is 83.8 cm³/mol. The molecule has 0 fully saturated rings. The zero-order valence-electron chi connectivity index (χ0n) is 12.5. The van der Waals surface area contributed by atoms with Crippen LogP contribution in [0.15, 0.2) is 24.3 Å². The SMILES string of the molecule is COc1ccccc1C(=O)N[C@@H](CCSC)C(=O)OCC#N. The molecule has 118 valence electrons. The van der Waals surface area contributed by atoms with E-state index in [1.165, 1.54) is 7.11 Å². The molecule has 0 aliphatic carbocycles.